The third-order valence-corrected chi connectivity index (χ3v) is 8.82. The first kappa shape index (κ1) is 38.2. The van der Waals surface area contributed by atoms with Crippen molar-refractivity contribution in [1.29, 1.82) is 0 Å². The maximum Gasteiger partial charge on any atom is 3.00 e. The van der Waals surface area contributed by atoms with Gasteiger partial charge >= 0.3 is 26.2 Å². The minimum absolute atomic E-state index is 0. The molecule has 0 atom stereocenters. The van der Waals surface area contributed by atoms with Gasteiger partial charge in [-0.2, -0.15) is 0 Å². The van der Waals surface area contributed by atoms with Crippen LogP contribution in [0, 0.1) is 6.55 Å². The molecule has 0 amide bonds. The summed E-state index contributed by atoms with van der Waals surface area (Å²) in [5.74, 6) is 0. The summed E-state index contributed by atoms with van der Waals surface area (Å²) in [6.07, 6.45) is 7.60. The molecule has 3 aromatic heterocycles. The predicted octanol–water partition coefficient (Wildman–Crippen LogP) is 11.0. The number of aryl methyl sites for hydroxylation is 4. The van der Waals surface area contributed by atoms with Crippen LogP contribution in [0.15, 0.2) is 24.3 Å². The second-order valence-electron chi connectivity index (χ2n) is 13.3. The number of nitrogens with zero attached hydrogens (tertiary/aromatic N) is 4. The number of aromatic nitrogens is 4. The van der Waals surface area contributed by atoms with Crippen molar-refractivity contribution in [2.24, 2.45) is 0 Å². The van der Waals surface area contributed by atoms with Crippen LogP contribution in [0.2, 0.25) is 19.6 Å². The molecular weight excluding hydrogens is 656 g/mol. The van der Waals surface area contributed by atoms with Crippen molar-refractivity contribution in [1.82, 2.24) is 19.9 Å². The summed E-state index contributed by atoms with van der Waals surface area (Å²) >= 11 is 0. The number of fused-ring (bicyclic) bond motifs is 8. The van der Waals surface area contributed by atoms with Gasteiger partial charge in [0.1, 0.15) is 0 Å². The van der Waals surface area contributed by atoms with Gasteiger partial charge in [0.2, 0.25) is 0 Å². The summed E-state index contributed by atoms with van der Waals surface area (Å²) in [4.78, 5) is 21.0. The van der Waals surface area contributed by atoms with E-state index < -0.39 is 8.07 Å². The van der Waals surface area contributed by atoms with E-state index in [1.54, 1.807) is 0 Å². The fourth-order valence-corrected chi connectivity index (χ4v) is 6.92. The molecule has 2 aliphatic heterocycles. The van der Waals surface area contributed by atoms with Gasteiger partial charge in [-0.3, -0.25) is 0 Å². The molecule has 4 nitrogen and oxygen atoms in total. The zero-order chi connectivity index (χ0) is 33.1. The normalized spacial score (nSPS) is 13.1. The Morgan fingerprint density at radius 2 is 0.652 bits per heavy atom. The first-order chi connectivity index (χ1) is 21.5. The van der Waals surface area contributed by atoms with Crippen LogP contribution in [-0.4, -0.2) is 18.0 Å². The van der Waals surface area contributed by atoms with Crippen LogP contribution in [0.25, 0.3) is 44.4 Å². The Bertz CT molecular complexity index is 1530. The first-order valence-electron chi connectivity index (χ1n) is 17.4. The first-order valence-corrected chi connectivity index (χ1v) is 21.1. The van der Waals surface area contributed by atoms with Gasteiger partial charge in [0.25, 0.3) is 0 Å². The van der Waals surface area contributed by atoms with Crippen LogP contribution in [-0.2, 0) is 51.9 Å². The molecule has 46 heavy (non-hydrogen) atoms. The molecule has 0 aliphatic carbocycles. The Morgan fingerprint density at radius 3 is 0.804 bits per heavy atom. The fourth-order valence-electron chi connectivity index (χ4n) is 6.92. The summed E-state index contributed by atoms with van der Waals surface area (Å²) in [5.41, 5.74) is 19.1. The van der Waals surface area contributed by atoms with Gasteiger partial charge in [0.15, 0.2) is 0 Å². The van der Waals surface area contributed by atoms with Crippen LogP contribution in [0.3, 0.4) is 0 Å². The molecular formula is C40H55N4SiZr. The molecule has 1 radical (unpaired) electrons. The molecule has 0 fully saturated rings. The minimum Gasteiger partial charge on any atom is -0.657 e. The molecule has 243 valence electrons. The number of allylic oxidation sites excluding steroid dienone is 4. The Morgan fingerprint density at radius 1 is 0.457 bits per heavy atom. The van der Waals surface area contributed by atoms with Crippen molar-refractivity contribution in [2.75, 3.05) is 0 Å². The largest absolute Gasteiger partial charge is 3.00 e. The van der Waals surface area contributed by atoms with Crippen molar-refractivity contribution in [3.05, 3.63) is 75.8 Å². The molecule has 2 aliphatic rings. The van der Waals surface area contributed by atoms with Crippen molar-refractivity contribution < 1.29 is 26.2 Å². The van der Waals surface area contributed by atoms with Gasteiger partial charge in [-0.05, 0) is 73.7 Å². The van der Waals surface area contributed by atoms with E-state index in [4.69, 9.17) is 19.9 Å². The number of hydrogen-bond acceptors (Lipinski definition) is 2. The van der Waals surface area contributed by atoms with Crippen molar-refractivity contribution in [2.45, 2.75) is 126 Å². The second kappa shape index (κ2) is 16.2. The summed E-state index contributed by atoms with van der Waals surface area (Å²) in [6.45, 7) is 28.5. The summed E-state index contributed by atoms with van der Waals surface area (Å²) in [7, 11) is -0.861. The van der Waals surface area contributed by atoms with E-state index in [1.165, 1.54) is 44.5 Å². The van der Waals surface area contributed by atoms with Crippen molar-refractivity contribution in [3.63, 3.8) is 0 Å². The third kappa shape index (κ3) is 7.87. The van der Waals surface area contributed by atoms with Crippen LogP contribution in [0.4, 0.5) is 0 Å². The third-order valence-electron chi connectivity index (χ3n) is 8.82. The minimum atomic E-state index is -0.861. The molecule has 0 aromatic carbocycles. The van der Waals surface area contributed by atoms with Crippen LogP contribution in [0.5, 0.6) is 0 Å². The molecule has 6 heteroatoms. The van der Waals surface area contributed by atoms with E-state index in [9.17, 15) is 0 Å². The average molecular weight is 711 g/mol. The van der Waals surface area contributed by atoms with Gasteiger partial charge in [0, 0.05) is 0 Å². The molecule has 0 N–H and O–H groups in total. The predicted molar refractivity (Wildman–Crippen MR) is 200 cm³/mol. The average Bonchev–Trinajstić information content (AvgIpc) is 3.71. The molecule has 0 unspecified atom stereocenters. The van der Waals surface area contributed by atoms with Crippen LogP contribution in [0.1, 0.15) is 126 Å². The van der Waals surface area contributed by atoms with Crippen LogP contribution < -0.4 is 9.97 Å². The Balaban J connectivity index is 0.000000892. The molecule has 0 saturated carbocycles. The van der Waals surface area contributed by atoms with E-state index in [-0.39, 0.29) is 26.2 Å². The zero-order valence-corrected chi connectivity index (χ0v) is 33.9. The molecule has 8 bridgehead atoms. The quantitative estimate of drug-likeness (QED) is 0.172. The van der Waals surface area contributed by atoms with E-state index in [2.05, 4.69) is 106 Å². The van der Waals surface area contributed by atoms with Gasteiger partial charge in [-0.1, -0.05) is 122 Å². The van der Waals surface area contributed by atoms with E-state index >= 15 is 0 Å². The van der Waals surface area contributed by atoms with E-state index in [0.717, 1.165) is 96.2 Å². The van der Waals surface area contributed by atoms with Gasteiger partial charge in [0.05, 0.1) is 22.8 Å². The van der Waals surface area contributed by atoms with Crippen LogP contribution >= 0.6 is 0 Å². The van der Waals surface area contributed by atoms with Crippen molar-refractivity contribution in [3.8, 4) is 0 Å². The van der Waals surface area contributed by atoms with Gasteiger partial charge in [-0.25, -0.2) is 9.97 Å². The smallest absolute Gasteiger partial charge is 0.657 e. The summed E-state index contributed by atoms with van der Waals surface area (Å²) < 4.78 is 0. The molecule has 3 aromatic rings. The van der Waals surface area contributed by atoms with Crippen molar-refractivity contribution >= 4 is 52.4 Å². The molecule has 0 saturated heterocycles. The Labute approximate surface area is 299 Å². The van der Waals surface area contributed by atoms with E-state index in [0.29, 0.717) is 0 Å². The maximum absolute atomic E-state index is 5.25. The van der Waals surface area contributed by atoms with E-state index in [1.807, 2.05) is 0 Å². The van der Waals surface area contributed by atoms with Gasteiger partial charge in [-0.15, -0.1) is 30.1 Å². The monoisotopic (exact) mass is 709 g/mol. The number of rotatable bonds is 8. The number of hydrogen-bond donors (Lipinski definition) is 0. The molecule has 5 rings (SSSR count). The molecule has 5 heterocycles. The maximum atomic E-state index is 5.25. The zero-order valence-electron chi connectivity index (χ0n) is 30.5. The SMILES string of the molecule is CCC1=C(CC)c2cc3[n-]c(cc4nc(cc5[n-]c(cc1n2)c(CC)c5CC)C(CC)=C4CC)c(CC)c3CC.[CH2-][Si](C)(C)C.[Zr+3]. The topological polar surface area (TPSA) is 54.0 Å². The standard InChI is InChI=1S/C36H44N4.C4H11Si.Zr/c1-9-21-22(10-2)30-18-32-25(13-5)26(14-6)34(39-32)20-36-28(16-8)27(15-7)35(40-36)19-33-24(12-4)23(11-3)31(38-33)17-29(21)37-30;1-5(2,3)4;/h17-20H,9-16H2,1-8H3;1H2,2-4H3;/q-2;-1;+3. The second-order valence-corrected chi connectivity index (χ2v) is 18.4. The Hall–Kier alpha value is -2.30. The van der Waals surface area contributed by atoms with Gasteiger partial charge < -0.3 is 16.5 Å². The summed E-state index contributed by atoms with van der Waals surface area (Å²) in [6, 6.07) is 8.98. The Kier molecular flexibility index (Phi) is 13.4. The fraction of sp³-hybridized carbons (Fsp3) is 0.475. The molecule has 0 spiro atoms. The summed E-state index contributed by atoms with van der Waals surface area (Å²) in [5, 5.41) is 0.